The molecular formula is C18H36N2. The van der Waals surface area contributed by atoms with Crippen LogP contribution >= 0.6 is 0 Å². The van der Waals surface area contributed by atoms with Gasteiger partial charge in [-0.2, -0.15) is 0 Å². The molecule has 2 heteroatoms. The fraction of sp³-hybridized carbons (Fsp3) is 1.00. The SMILES string of the molecule is CCCC1CNC(CC(C)C)CN1C1CCCCCC1. The molecule has 0 amide bonds. The van der Waals surface area contributed by atoms with E-state index in [0.717, 1.165) is 24.0 Å². The van der Waals surface area contributed by atoms with Crippen LogP contribution in [0.1, 0.15) is 78.6 Å². The van der Waals surface area contributed by atoms with E-state index in [1.165, 1.54) is 70.9 Å². The molecule has 2 atom stereocenters. The van der Waals surface area contributed by atoms with Crippen LogP contribution in [0, 0.1) is 5.92 Å². The summed E-state index contributed by atoms with van der Waals surface area (Å²) in [7, 11) is 0. The lowest BCUT2D eigenvalue weighted by Gasteiger charge is -2.45. The van der Waals surface area contributed by atoms with Crippen molar-refractivity contribution in [2.24, 2.45) is 5.92 Å². The van der Waals surface area contributed by atoms with Crippen molar-refractivity contribution in [1.29, 1.82) is 0 Å². The van der Waals surface area contributed by atoms with Crippen LogP contribution in [0.25, 0.3) is 0 Å². The summed E-state index contributed by atoms with van der Waals surface area (Å²) in [4.78, 5) is 2.92. The van der Waals surface area contributed by atoms with Gasteiger partial charge in [0.15, 0.2) is 0 Å². The van der Waals surface area contributed by atoms with Gasteiger partial charge in [0.1, 0.15) is 0 Å². The number of hydrogen-bond acceptors (Lipinski definition) is 2. The van der Waals surface area contributed by atoms with E-state index in [0.29, 0.717) is 0 Å². The standard InChI is InChI=1S/C18H36N2/c1-4-9-18-13-19-16(12-15(2)3)14-20(18)17-10-7-5-6-8-11-17/h15-19H,4-14H2,1-3H3. The van der Waals surface area contributed by atoms with Crippen molar-refractivity contribution in [3.8, 4) is 0 Å². The molecule has 0 aromatic rings. The predicted octanol–water partition coefficient (Wildman–Crippen LogP) is 4.20. The molecule has 1 N–H and O–H groups in total. The maximum absolute atomic E-state index is 3.83. The second-order valence-electron chi connectivity index (χ2n) is 7.52. The smallest absolute Gasteiger partial charge is 0.0224 e. The lowest BCUT2D eigenvalue weighted by Crippen LogP contribution is -2.59. The lowest BCUT2D eigenvalue weighted by molar-refractivity contribution is 0.0628. The van der Waals surface area contributed by atoms with Gasteiger partial charge in [-0.25, -0.2) is 0 Å². The zero-order valence-corrected chi connectivity index (χ0v) is 14.0. The van der Waals surface area contributed by atoms with Gasteiger partial charge in [0, 0.05) is 31.2 Å². The van der Waals surface area contributed by atoms with Crippen molar-refractivity contribution in [2.45, 2.75) is 96.7 Å². The third kappa shape index (κ3) is 4.73. The molecule has 0 aromatic heterocycles. The first-order valence-electron chi connectivity index (χ1n) is 9.19. The van der Waals surface area contributed by atoms with Gasteiger partial charge in [0.05, 0.1) is 0 Å². The van der Waals surface area contributed by atoms with Crippen LogP contribution in [0.2, 0.25) is 0 Å². The molecule has 0 radical (unpaired) electrons. The van der Waals surface area contributed by atoms with E-state index in [4.69, 9.17) is 0 Å². The third-order valence-electron chi connectivity index (χ3n) is 5.21. The molecular weight excluding hydrogens is 244 g/mol. The molecule has 1 saturated heterocycles. The zero-order chi connectivity index (χ0) is 14.4. The van der Waals surface area contributed by atoms with Crippen molar-refractivity contribution in [1.82, 2.24) is 10.2 Å². The maximum Gasteiger partial charge on any atom is 0.0224 e. The molecule has 2 unspecified atom stereocenters. The van der Waals surface area contributed by atoms with Crippen LogP contribution in [-0.2, 0) is 0 Å². The highest BCUT2D eigenvalue weighted by atomic mass is 15.3. The molecule has 2 nitrogen and oxygen atoms in total. The molecule has 2 aliphatic rings. The first-order chi connectivity index (χ1) is 9.70. The summed E-state index contributed by atoms with van der Waals surface area (Å²) in [6.07, 6.45) is 12.8. The first kappa shape index (κ1) is 16.3. The van der Waals surface area contributed by atoms with Crippen LogP contribution in [0.3, 0.4) is 0 Å². The summed E-state index contributed by atoms with van der Waals surface area (Å²) in [5, 5.41) is 3.83. The minimum atomic E-state index is 0.728. The highest BCUT2D eigenvalue weighted by molar-refractivity contribution is 4.90. The number of nitrogens with zero attached hydrogens (tertiary/aromatic N) is 1. The van der Waals surface area contributed by atoms with E-state index in [2.05, 4.69) is 31.0 Å². The van der Waals surface area contributed by atoms with Crippen LogP contribution in [0.5, 0.6) is 0 Å². The van der Waals surface area contributed by atoms with E-state index in [1.54, 1.807) is 0 Å². The molecule has 2 fully saturated rings. The Bertz CT molecular complexity index is 256. The average molecular weight is 280 g/mol. The largest absolute Gasteiger partial charge is 0.311 e. The van der Waals surface area contributed by atoms with E-state index < -0.39 is 0 Å². The minimum absolute atomic E-state index is 0.728. The van der Waals surface area contributed by atoms with E-state index in [1.807, 2.05) is 0 Å². The van der Waals surface area contributed by atoms with Crippen LogP contribution in [-0.4, -0.2) is 36.1 Å². The Labute approximate surface area is 126 Å². The summed E-state index contributed by atoms with van der Waals surface area (Å²) in [5.41, 5.74) is 0. The minimum Gasteiger partial charge on any atom is -0.311 e. The second kappa shape index (κ2) is 8.38. The Hall–Kier alpha value is -0.0800. The van der Waals surface area contributed by atoms with E-state index in [9.17, 15) is 0 Å². The first-order valence-corrected chi connectivity index (χ1v) is 9.19. The van der Waals surface area contributed by atoms with Crippen molar-refractivity contribution in [2.75, 3.05) is 13.1 Å². The molecule has 1 heterocycles. The molecule has 2 rings (SSSR count). The molecule has 0 bridgehead atoms. The summed E-state index contributed by atoms with van der Waals surface area (Å²) < 4.78 is 0. The normalized spacial score (nSPS) is 30.6. The zero-order valence-electron chi connectivity index (χ0n) is 14.0. The van der Waals surface area contributed by atoms with Gasteiger partial charge in [-0.1, -0.05) is 52.9 Å². The van der Waals surface area contributed by atoms with Crippen LogP contribution < -0.4 is 5.32 Å². The number of piperazine rings is 1. The van der Waals surface area contributed by atoms with Crippen LogP contribution in [0.15, 0.2) is 0 Å². The maximum atomic E-state index is 3.83. The Kier molecular flexibility index (Phi) is 6.83. The highest BCUT2D eigenvalue weighted by Crippen LogP contribution is 2.27. The molecule has 118 valence electrons. The Morgan fingerprint density at radius 3 is 2.40 bits per heavy atom. The highest BCUT2D eigenvalue weighted by Gasteiger charge is 2.32. The number of hydrogen-bond donors (Lipinski definition) is 1. The monoisotopic (exact) mass is 280 g/mol. The molecule has 0 spiro atoms. The second-order valence-corrected chi connectivity index (χ2v) is 7.52. The average Bonchev–Trinajstić information content (AvgIpc) is 2.69. The predicted molar refractivity (Wildman–Crippen MR) is 88.1 cm³/mol. The van der Waals surface area contributed by atoms with Crippen molar-refractivity contribution >= 4 is 0 Å². The Morgan fingerprint density at radius 2 is 1.80 bits per heavy atom. The quantitative estimate of drug-likeness (QED) is 0.759. The van der Waals surface area contributed by atoms with E-state index in [-0.39, 0.29) is 0 Å². The molecule has 20 heavy (non-hydrogen) atoms. The van der Waals surface area contributed by atoms with Crippen molar-refractivity contribution in [3.05, 3.63) is 0 Å². The molecule has 0 aromatic carbocycles. The van der Waals surface area contributed by atoms with Crippen molar-refractivity contribution < 1.29 is 0 Å². The summed E-state index contributed by atoms with van der Waals surface area (Å²) in [6, 6.07) is 2.41. The van der Waals surface area contributed by atoms with Gasteiger partial charge in [-0.3, -0.25) is 4.90 Å². The third-order valence-corrected chi connectivity index (χ3v) is 5.21. The molecule has 1 saturated carbocycles. The van der Waals surface area contributed by atoms with Gasteiger partial charge in [0.2, 0.25) is 0 Å². The van der Waals surface area contributed by atoms with Crippen molar-refractivity contribution in [3.63, 3.8) is 0 Å². The number of nitrogens with one attached hydrogen (secondary N) is 1. The summed E-state index contributed by atoms with van der Waals surface area (Å²) in [6.45, 7) is 9.58. The summed E-state index contributed by atoms with van der Waals surface area (Å²) >= 11 is 0. The lowest BCUT2D eigenvalue weighted by atomic mass is 9.94. The Morgan fingerprint density at radius 1 is 1.10 bits per heavy atom. The Balaban J connectivity index is 1.97. The topological polar surface area (TPSA) is 15.3 Å². The fourth-order valence-electron chi connectivity index (χ4n) is 4.25. The summed E-state index contributed by atoms with van der Waals surface area (Å²) in [5.74, 6) is 0.811. The van der Waals surface area contributed by atoms with Gasteiger partial charge >= 0.3 is 0 Å². The molecule has 1 aliphatic carbocycles. The molecule has 1 aliphatic heterocycles. The van der Waals surface area contributed by atoms with Gasteiger partial charge < -0.3 is 5.32 Å². The van der Waals surface area contributed by atoms with Gasteiger partial charge in [-0.15, -0.1) is 0 Å². The number of rotatable bonds is 5. The van der Waals surface area contributed by atoms with Gasteiger partial charge in [-0.05, 0) is 31.6 Å². The van der Waals surface area contributed by atoms with Gasteiger partial charge in [0.25, 0.3) is 0 Å². The fourth-order valence-corrected chi connectivity index (χ4v) is 4.25. The van der Waals surface area contributed by atoms with Crippen LogP contribution in [0.4, 0.5) is 0 Å². The van der Waals surface area contributed by atoms with E-state index >= 15 is 0 Å².